The van der Waals surface area contributed by atoms with Crippen LogP contribution in [-0.2, 0) is 51.2 Å². The highest BCUT2D eigenvalue weighted by molar-refractivity contribution is 5.97. The van der Waals surface area contributed by atoms with E-state index in [0.717, 1.165) is 31.4 Å². The predicted octanol–water partition coefficient (Wildman–Crippen LogP) is -0.162. The molecule has 0 spiro atoms. The lowest BCUT2D eigenvalue weighted by molar-refractivity contribution is -0.141. The molecule has 23 heteroatoms. The third-order valence-corrected chi connectivity index (χ3v) is 8.68. The van der Waals surface area contributed by atoms with Gasteiger partial charge >= 0.3 is 23.9 Å². The average Bonchev–Trinajstić information content (AvgIpc) is 3.68. The van der Waals surface area contributed by atoms with Crippen LogP contribution >= 0.6 is 0 Å². The first-order chi connectivity index (χ1) is 29.4. The predicted molar refractivity (Wildman–Crippen MR) is 214 cm³/mol. The van der Waals surface area contributed by atoms with Crippen LogP contribution in [0.2, 0.25) is 0 Å². The van der Waals surface area contributed by atoms with Crippen molar-refractivity contribution in [2.45, 2.75) is 82.8 Å². The Balaban J connectivity index is 1.50. The highest BCUT2D eigenvalue weighted by Gasteiger charge is 2.25. The number of aryl methyl sites for hydroxylation is 2. The Morgan fingerprint density at radius 2 is 1.20 bits per heavy atom. The van der Waals surface area contributed by atoms with Crippen molar-refractivity contribution in [3.63, 3.8) is 0 Å². The van der Waals surface area contributed by atoms with Gasteiger partial charge in [-0.05, 0) is 69.2 Å². The highest BCUT2D eigenvalue weighted by Crippen LogP contribution is 2.09. The number of carbonyl (C=O) groups excluding carboxylic acids is 4. The van der Waals surface area contributed by atoms with E-state index in [4.69, 9.17) is 25.2 Å². The van der Waals surface area contributed by atoms with E-state index in [1.165, 1.54) is 0 Å². The number of benzene rings is 1. The fourth-order valence-electron chi connectivity index (χ4n) is 5.46. The normalized spacial score (nSPS) is 11.9. The Kier molecular flexibility index (Phi) is 26.3. The van der Waals surface area contributed by atoms with E-state index in [2.05, 4.69) is 41.7 Å². The van der Waals surface area contributed by atoms with Crippen molar-refractivity contribution in [2.24, 2.45) is 5.90 Å². The van der Waals surface area contributed by atoms with Gasteiger partial charge in [0, 0.05) is 49.9 Å². The van der Waals surface area contributed by atoms with Crippen molar-refractivity contribution >= 4 is 41.7 Å². The highest BCUT2D eigenvalue weighted by atomic mass is 16.6. The van der Waals surface area contributed by atoms with Crippen LogP contribution in [-0.4, -0.2) is 150 Å². The summed E-state index contributed by atoms with van der Waals surface area (Å²) in [6, 6.07) is 2.62. The molecule has 1 aromatic carbocycles. The number of carboxylic acids is 3. The molecule has 0 saturated carbocycles. The molecule has 61 heavy (non-hydrogen) atoms. The minimum Gasteiger partial charge on any atom is -0.481 e. The zero-order valence-electron chi connectivity index (χ0n) is 34.1. The Labute approximate surface area is 352 Å². The number of carbonyl (C=O) groups is 7. The van der Waals surface area contributed by atoms with E-state index in [1.54, 1.807) is 28.9 Å². The number of amides is 5. The molecule has 1 aromatic heterocycles. The molecule has 0 fully saturated rings. The van der Waals surface area contributed by atoms with E-state index >= 15 is 0 Å². The number of ether oxygens (including phenoxy) is 3. The summed E-state index contributed by atoms with van der Waals surface area (Å²) in [6.45, 7) is 3.49. The van der Waals surface area contributed by atoms with Gasteiger partial charge in [-0.15, -0.1) is 5.10 Å². The van der Waals surface area contributed by atoms with Gasteiger partial charge in [0.2, 0.25) is 5.91 Å². The van der Waals surface area contributed by atoms with Gasteiger partial charge in [-0.3, -0.25) is 28.7 Å². The van der Waals surface area contributed by atoms with Crippen LogP contribution in [0.5, 0.6) is 0 Å². The molecular weight excluding hydrogens is 806 g/mol. The Hall–Kier alpha value is -5.75. The summed E-state index contributed by atoms with van der Waals surface area (Å²) >= 11 is 0. The molecule has 340 valence electrons. The van der Waals surface area contributed by atoms with Crippen molar-refractivity contribution in [2.75, 3.05) is 65.9 Å². The summed E-state index contributed by atoms with van der Waals surface area (Å²) < 4.78 is 17.8. The minimum absolute atomic E-state index is 0.0825. The molecule has 0 aliphatic rings. The molecule has 2 aromatic rings. The molecule has 0 radical (unpaired) electrons. The summed E-state index contributed by atoms with van der Waals surface area (Å²) in [5, 5.41) is 48.3. The fraction of sp³-hybridized carbons (Fsp3) is 0.605. The number of hydrogen-bond acceptors (Lipinski definition) is 14. The number of nitrogens with zero attached hydrogens (tertiary/aromatic N) is 3. The van der Waals surface area contributed by atoms with Crippen LogP contribution in [0.25, 0.3) is 0 Å². The molecule has 5 amide bonds. The molecular formula is C38H59N9O14. The lowest BCUT2D eigenvalue weighted by Gasteiger charge is -2.18. The largest absolute Gasteiger partial charge is 0.481 e. The van der Waals surface area contributed by atoms with Crippen molar-refractivity contribution in [1.29, 1.82) is 0 Å². The zero-order valence-corrected chi connectivity index (χ0v) is 34.1. The van der Waals surface area contributed by atoms with Crippen molar-refractivity contribution in [3.05, 3.63) is 47.3 Å². The van der Waals surface area contributed by atoms with Gasteiger partial charge in [-0.1, -0.05) is 18.1 Å². The SMILES string of the molecule is NOCC(=O)NCCOCCOCCOCCNC(=O)c1ccc(C(=O)NCCCCCCc2cn(CCCC[C@H](NC(=O)N[C@@H](CCC(=O)O)C(=O)O)C(=O)O)nn2)cc1. The Morgan fingerprint density at radius 1 is 0.656 bits per heavy atom. The maximum absolute atomic E-state index is 12.6. The van der Waals surface area contributed by atoms with Gasteiger partial charge in [0.05, 0.1) is 45.3 Å². The van der Waals surface area contributed by atoms with Gasteiger partial charge in [-0.2, -0.15) is 0 Å². The standard InChI is InChI=1S/C38H59N9O14/c39-61-26-32(48)40-16-19-58-21-23-60-24-22-59-20-17-42-35(52)28-11-9-27(10-12-28)34(51)41-15-5-2-1-3-7-29-25-47(46-45-29)18-6-4-8-30(36(53)54)43-38(57)44-31(37(55)56)13-14-33(49)50/h9-12,25,30-31H,1-8,13-24,26,39H2,(H,40,48)(H,41,51)(H,42,52)(H,49,50)(H,53,54)(H,55,56)(H2,43,44,57)/t30-,31-/m0/s1. The summed E-state index contributed by atoms with van der Waals surface area (Å²) in [5.41, 5.74) is 1.68. The second kappa shape index (κ2) is 31.2. The number of aliphatic carboxylic acids is 3. The van der Waals surface area contributed by atoms with Gasteiger partial charge in [0.25, 0.3) is 11.8 Å². The first-order valence-electron chi connectivity index (χ1n) is 20.0. The molecule has 23 nitrogen and oxygen atoms in total. The van der Waals surface area contributed by atoms with E-state index in [0.29, 0.717) is 96.2 Å². The van der Waals surface area contributed by atoms with Crippen molar-refractivity contribution < 1.29 is 67.9 Å². The maximum atomic E-state index is 12.6. The molecule has 0 aliphatic heterocycles. The average molecular weight is 866 g/mol. The van der Waals surface area contributed by atoms with E-state index < -0.39 is 42.4 Å². The quantitative estimate of drug-likeness (QED) is 0.0321. The molecule has 0 bridgehead atoms. The topological polar surface area (TPSA) is 334 Å². The van der Waals surface area contributed by atoms with Crippen LogP contribution in [0.3, 0.4) is 0 Å². The van der Waals surface area contributed by atoms with Crippen LogP contribution in [0.15, 0.2) is 30.5 Å². The first kappa shape index (κ1) is 51.4. The molecule has 10 N–H and O–H groups in total. The van der Waals surface area contributed by atoms with Gasteiger partial charge in [0.15, 0.2) is 0 Å². The van der Waals surface area contributed by atoms with Crippen LogP contribution in [0, 0.1) is 0 Å². The van der Waals surface area contributed by atoms with Crippen molar-refractivity contribution in [3.8, 4) is 0 Å². The molecule has 0 aliphatic carbocycles. The molecule has 0 saturated heterocycles. The van der Waals surface area contributed by atoms with E-state index in [1.807, 2.05) is 6.20 Å². The number of nitrogens with two attached hydrogens (primary N) is 1. The minimum atomic E-state index is -1.47. The van der Waals surface area contributed by atoms with Crippen LogP contribution in [0.1, 0.15) is 84.2 Å². The number of unbranched alkanes of at least 4 members (excludes halogenated alkanes) is 4. The third kappa shape index (κ3) is 24.2. The summed E-state index contributed by atoms with van der Waals surface area (Å²) in [7, 11) is 0. The number of hydrogen-bond donors (Lipinski definition) is 9. The first-order valence-corrected chi connectivity index (χ1v) is 20.0. The van der Waals surface area contributed by atoms with E-state index in [9.17, 15) is 43.8 Å². The second-order valence-electron chi connectivity index (χ2n) is 13.6. The summed E-state index contributed by atoms with van der Waals surface area (Å²) in [4.78, 5) is 86.2. The number of nitrogens with one attached hydrogen (secondary N) is 5. The summed E-state index contributed by atoms with van der Waals surface area (Å²) in [5.74, 6) is 0.0277. The number of urea groups is 1. The van der Waals surface area contributed by atoms with Crippen LogP contribution < -0.4 is 32.5 Å². The molecule has 2 rings (SSSR count). The number of aromatic nitrogens is 3. The molecule has 1 heterocycles. The fourth-order valence-corrected chi connectivity index (χ4v) is 5.46. The lowest BCUT2D eigenvalue weighted by Crippen LogP contribution is -2.51. The Bertz CT molecular complexity index is 1640. The van der Waals surface area contributed by atoms with Gasteiger partial charge in [-0.25, -0.2) is 20.3 Å². The number of rotatable bonds is 35. The van der Waals surface area contributed by atoms with Gasteiger partial charge < -0.3 is 56.1 Å². The third-order valence-electron chi connectivity index (χ3n) is 8.68. The Morgan fingerprint density at radius 3 is 1.77 bits per heavy atom. The van der Waals surface area contributed by atoms with Crippen molar-refractivity contribution in [1.82, 2.24) is 41.6 Å². The lowest BCUT2D eigenvalue weighted by atomic mass is 10.1. The van der Waals surface area contributed by atoms with Crippen LogP contribution in [0.4, 0.5) is 4.79 Å². The van der Waals surface area contributed by atoms with E-state index in [-0.39, 0.29) is 37.2 Å². The molecule has 0 unspecified atom stereocenters. The second-order valence-corrected chi connectivity index (χ2v) is 13.6. The molecule has 2 atom stereocenters. The van der Waals surface area contributed by atoms with Gasteiger partial charge in [0.1, 0.15) is 18.7 Å². The maximum Gasteiger partial charge on any atom is 0.326 e. The summed E-state index contributed by atoms with van der Waals surface area (Å²) in [6.07, 6.45) is 6.23. The smallest absolute Gasteiger partial charge is 0.326 e. The monoisotopic (exact) mass is 865 g/mol. The number of carboxylic acid groups (broad SMARTS) is 3. The zero-order chi connectivity index (χ0) is 44.7.